The van der Waals surface area contributed by atoms with E-state index in [4.69, 9.17) is 0 Å². The topological polar surface area (TPSA) is 58.9 Å². The van der Waals surface area contributed by atoms with Crippen molar-refractivity contribution in [1.82, 2.24) is 0 Å². The maximum Gasteiger partial charge on any atom is 0.200 e. The Hall–Kier alpha value is -0.450. The summed E-state index contributed by atoms with van der Waals surface area (Å²) in [4.78, 5) is 0. The van der Waals surface area contributed by atoms with Gasteiger partial charge < -0.3 is 0 Å². The predicted octanol–water partition coefficient (Wildman–Crippen LogP) is 2.61. The van der Waals surface area contributed by atoms with Crippen molar-refractivity contribution in [3.63, 3.8) is 0 Å². The second-order valence-corrected chi connectivity index (χ2v) is 8.33. The molecule has 0 fully saturated rings. The van der Waals surface area contributed by atoms with Crippen LogP contribution in [0.4, 0.5) is 0 Å². The normalized spacial score (nSPS) is 30.8. The number of sulfone groups is 1. The standard InChI is InChI=1S/C10H20N2O2S/c1-9(2,3)7-11-12-8(10(4,5)6)15(7,13)14/h7-8H,1-6H3. The largest absolute Gasteiger partial charge is 0.224 e. The highest BCUT2D eigenvalue weighted by Gasteiger charge is 2.50. The van der Waals surface area contributed by atoms with E-state index in [0.29, 0.717) is 0 Å². The average Bonchev–Trinajstić information content (AvgIpc) is 2.21. The molecule has 1 aliphatic heterocycles. The van der Waals surface area contributed by atoms with Gasteiger partial charge in [0.05, 0.1) is 0 Å². The Morgan fingerprint density at radius 3 is 1.20 bits per heavy atom. The third kappa shape index (κ3) is 2.22. The van der Waals surface area contributed by atoms with Gasteiger partial charge in [-0.15, -0.1) is 0 Å². The van der Waals surface area contributed by atoms with Gasteiger partial charge in [0.2, 0.25) is 9.84 Å². The van der Waals surface area contributed by atoms with Crippen LogP contribution in [-0.2, 0) is 9.84 Å². The number of hydrogen-bond donors (Lipinski definition) is 0. The smallest absolute Gasteiger partial charge is 0.200 e. The van der Waals surface area contributed by atoms with Crippen molar-refractivity contribution in [2.24, 2.45) is 21.1 Å². The zero-order valence-electron chi connectivity index (χ0n) is 10.3. The summed E-state index contributed by atoms with van der Waals surface area (Å²) in [5.74, 6) is 0. The molecule has 1 aliphatic rings. The van der Waals surface area contributed by atoms with Crippen molar-refractivity contribution in [3.8, 4) is 0 Å². The Morgan fingerprint density at radius 2 is 1.07 bits per heavy atom. The van der Waals surface area contributed by atoms with Crippen LogP contribution in [0.25, 0.3) is 0 Å². The molecule has 4 nitrogen and oxygen atoms in total. The van der Waals surface area contributed by atoms with Crippen LogP contribution in [-0.4, -0.2) is 19.2 Å². The second-order valence-electron chi connectivity index (χ2n) is 6.26. The number of azo groups is 1. The summed E-state index contributed by atoms with van der Waals surface area (Å²) in [7, 11) is -3.28. The van der Waals surface area contributed by atoms with Crippen molar-refractivity contribution in [3.05, 3.63) is 0 Å². The molecule has 2 unspecified atom stereocenters. The minimum Gasteiger partial charge on any atom is -0.224 e. The lowest BCUT2D eigenvalue weighted by Gasteiger charge is -2.27. The zero-order chi connectivity index (χ0) is 12.1. The molecule has 5 heteroatoms. The van der Waals surface area contributed by atoms with Gasteiger partial charge in [-0.05, 0) is 0 Å². The summed E-state index contributed by atoms with van der Waals surface area (Å²) in [6.07, 6.45) is 0. The van der Waals surface area contributed by atoms with Crippen LogP contribution in [0.15, 0.2) is 10.2 Å². The number of nitrogens with zero attached hydrogens (tertiary/aromatic N) is 2. The van der Waals surface area contributed by atoms with Gasteiger partial charge in [-0.1, -0.05) is 41.5 Å². The van der Waals surface area contributed by atoms with Crippen LogP contribution in [0.2, 0.25) is 0 Å². The van der Waals surface area contributed by atoms with E-state index in [1.54, 1.807) is 0 Å². The summed E-state index contributed by atoms with van der Waals surface area (Å²) >= 11 is 0. The van der Waals surface area contributed by atoms with Crippen LogP contribution in [0.5, 0.6) is 0 Å². The minimum atomic E-state index is -3.28. The van der Waals surface area contributed by atoms with Crippen molar-refractivity contribution in [1.29, 1.82) is 0 Å². The molecular formula is C10H20N2O2S. The van der Waals surface area contributed by atoms with Crippen LogP contribution in [0, 0.1) is 10.8 Å². The first-order valence-electron chi connectivity index (χ1n) is 5.10. The third-order valence-electron chi connectivity index (χ3n) is 2.38. The van der Waals surface area contributed by atoms with Crippen LogP contribution < -0.4 is 0 Å². The number of hydrogen-bond acceptors (Lipinski definition) is 4. The predicted molar refractivity (Wildman–Crippen MR) is 60.3 cm³/mol. The fraction of sp³-hybridized carbons (Fsp3) is 1.00. The molecule has 88 valence electrons. The van der Waals surface area contributed by atoms with Gasteiger partial charge in [0.25, 0.3) is 0 Å². The highest BCUT2D eigenvalue weighted by atomic mass is 32.2. The molecule has 2 atom stereocenters. The van der Waals surface area contributed by atoms with Crippen molar-refractivity contribution in [2.75, 3.05) is 0 Å². The highest BCUT2D eigenvalue weighted by molar-refractivity contribution is 7.92. The average molecular weight is 232 g/mol. The maximum atomic E-state index is 12.2. The van der Waals surface area contributed by atoms with E-state index in [1.807, 2.05) is 41.5 Å². The SMILES string of the molecule is CC(C)(C)C1N=NC(C(C)(C)C)S1(=O)=O. The van der Waals surface area contributed by atoms with E-state index in [0.717, 1.165) is 0 Å². The Bertz CT molecular complexity index is 341. The molecule has 0 aromatic carbocycles. The van der Waals surface area contributed by atoms with E-state index in [-0.39, 0.29) is 10.8 Å². The van der Waals surface area contributed by atoms with Crippen molar-refractivity contribution in [2.45, 2.75) is 52.3 Å². The number of rotatable bonds is 0. The van der Waals surface area contributed by atoms with E-state index in [9.17, 15) is 8.42 Å². The first-order chi connectivity index (χ1) is 6.47. The lowest BCUT2D eigenvalue weighted by molar-refractivity contribution is 0.378. The summed E-state index contributed by atoms with van der Waals surface area (Å²) in [6.45, 7) is 11.2. The van der Waals surface area contributed by atoms with Gasteiger partial charge >= 0.3 is 0 Å². The summed E-state index contributed by atoms with van der Waals surface area (Å²) in [5, 5.41) is 6.49. The van der Waals surface area contributed by atoms with Crippen LogP contribution in [0.1, 0.15) is 41.5 Å². The fourth-order valence-corrected chi connectivity index (χ4v) is 4.29. The zero-order valence-corrected chi connectivity index (χ0v) is 11.1. The first-order valence-corrected chi connectivity index (χ1v) is 6.71. The highest BCUT2D eigenvalue weighted by Crippen LogP contribution is 2.40. The van der Waals surface area contributed by atoms with E-state index in [2.05, 4.69) is 10.2 Å². The second kappa shape index (κ2) is 3.27. The van der Waals surface area contributed by atoms with Crippen molar-refractivity contribution < 1.29 is 8.42 Å². The van der Waals surface area contributed by atoms with E-state index >= 15 is 0 Å². The van der Waals surface area contributed by atoms with Gasteiger partial charge in [0.15, 0.2) is 10.7 Å². The molecule has 0 spiro atoms. The molecule has 15 heavy (non-hydrogen) atoms. The fourth-order valence-electron chi connectivity index (χ4n) is 1.71. The van der Waals surface area contributed by atoms with Crippen LogP contribution >= 0.6 is 0 Å². The molecule has 0 aliphatic carbocycles. The van der Waals surface area contributed by atoms with Gasteiger partial charge in [-0.2, -0.15) is 10.2 Å². The molecule has 1 rings (SSSR count). The summed E-state index contributed by atoms with van der Waals surface area (Å²) < 4.78 is 24.4. The molecule has 0 saturated heterocycles. The third-order valence-corrected chi connectivity index (χ3v) is 5.23. The molecule has 0 aromatic rings. The minimum absolute atomic E-state index is 0.387. The molecule has 1 heterocycles. The van der Waals surface area contributed by atoms with Gasteiger partial charge in [-0.25, -0.2) is 8.42 Å². The van der Waals surface area contributed by atoms with E-state index < -0.39 is 20.6 Å². The van der Waals surface area contributed by atoms with Crippen LogP contribution in [0.3, 0.4) is 0 Å². The molecule has 0 saturated carbocycles. The molecule has 0 N–H and O–H groups in total. The first kappa shape index (κ1) is 12.6. The van der Waals surface area contributed by atoms with Gasteiger partial charge in [0, 0.05) is 10.8 Å². The lowest BCUT2D eigenvalue weighted by Crippen LogP contribution is -2.39. The molecule has 0 aromatic heterocycles. The van der Waals surface area contributed by atoms with Gasteiger partial charge in [-0.3, -0.25) is 0 Å². The maximum absolute atomic E-state index is 12.2. The quantitative estimate of drug-likeness (QED) is 0.644. The Labute approximate surface area is 92.1 Å². The Balaban J connectivity index is 3.14. The molecule has 0 amide bonds. The Morgan fingerprint density at radius 1 is 0.800 bits per heavy atom. The summed E-state index contributed by atoms with van der Waals surface area (Å²) in [6, 6.07) is 0. The van der Waals surface area contributed by atoms with Crippen molar-refractivity contribution >= 4 is 9.84 Å². The monoisotopic (exact) mass is 232 g/mol. The lowest BCUT2D eigenvalue weighted by atomic mass is 9.97. The molecular weight excluding hydrogens is 212 g/mol. The van der Waals surface area contributed by atoms with Gasteiger partial charge in [0.1, 0.15) is 0 Å². The Kier molecular flexibility index (Phi) is 2.75. The molecule has 0 bridgehead atoms. The van der Waals surface area contributed by atoms with E-state index in [1.165, 1.54) is 0 Å². The molecule has 0 radical (unpaired) electrons. The summed E-state index contributed by atoms with van der Waals surface area (Å²) in [5.41, 5.74) is -0.773.